The summed E-state index contributed by atoms with van der Waals surface area (Å²) in [5.74, 6) is 0.184. The second-order valence-corrected chi connectivity index (χ2v) is 3.39. The van der Waals surface area contributed by atoms with Gasteiger partial charge in [-0.05, 0) is 18.1 Å². The lowest BCUT2D eigenvalue weighted by molar-refractivity contribution is 0.0967. The summed E-state index contributed by atoms with van der Waals surface area (Å²) in [5, 5.41) is 9.62. The van der Waals surface area contributed by atoms with Gasteiger partial charge in [0.25, 0.3) is 0 Å². The molecule has 0 fully saturated rings. The summed E-state index contributed by atoms with van der Waals surface area (Å²) < 4.78 is 0. The van der Waals surface area contributed by atoms with Crippen molar-refractivity contribution in [2.24, 2.45) is 11.7 Å². The molecule has 3 nitrogen and oxygen atoms in total. The van der Waals surface area contributed by atoms with Crippen LogP contribution in [0.2, 0.25) is 0 Å². The van der Waals surface area contributed by atoms with Crippen LogP contribution in [0.3, 0.4) is 0 Å². The minimum absolute atomic E-state index is 0.184. The van der Waals surface area contributed by atoms with Crippen LogP contribution in [-0.4, -0.2) is 16.2 Å². The van der Waals surface area contributed by atoms with Gasteiger partial charge in [-0.15, -0.1) is 0 Å². The Kier molecular flexibility index (Phi) is 2.89. The number of hydrogen-bond donors (Lipinski definition) is 3. The predicted molar refractivity (Wildman–Crippen MR) is 48.6 cm³/mol. The summed E-state index contributed by atoms with van der Waals surface area (Å²) in [4.78, 5) is 2.99. The minimum Gasteiger partial charge on any atom is -0.391 e. The van der Waals surface area contributed by atoms with Crippen LogP contribution in [0.4, 0.5) is 0 Å². The normalized spacial score (nSPS) is 16.4. The highest BCUT2D eigenvalue weighted by atomic mass is 16.3. The topological polar surface area (TPSA) is 62.0 Å². The Morgan fingerprint density at radius 1 is 1.50 bits per heavy atom. The third-order valence-corrected chi connectivity index (χ3v) is 2.03. The summed E-state index contributed by atoms with van der Waals surface area (Å²) in [6.45, 7) is 3.90. The van der Waals surface area contributed by atoms with E-state index in [2.05, 4.69) is 4.98 Å². The van der Waals surface area contributed by atoms with Gasteiger partial charge in [0.1, 0.15) is 0 Å². The number of aromatic nitrogens is 1. The van der Waals surface area contributed by atoms with E-state index in [4.69, 9.17) is 5.73 Å². The molecule has 3 heteroatoms. The Bertz CT molecular complexity index is 218. The molecule has 0 unspecified atom stereocenters. The fourth-order valence-electron chi connectivity index (χ4n) is 1.15. The first-order valence-electron chi connectivity index (χ1n) is 4.20. The highest BCUT2D eigenvalue weighted by Crippen LogP contribution is 2.17. The second kappa shape index (κ2) is 3.74. The number of aliphatic hydroxyl groups is 1. The maximum absolute atomic E-state index is 9.62. The number of H-pyrrole nitrogens is 1. The van der Waals surface area contributed by atoms with Crippen molar-refractivity contribution in [3.63, 3.8) is 0 Å². The molecule has 1 aromatic heterocycles. The number of nitrogens with one attached hydrogen (secondary N) is 1. The van der Waals surface area contributed by atoms with Crippen molar-refractivity contribution in [3.8, 4) is 0 Å². The molecule has 0 radical (unpaired) electrons. The molecule has 0 aliphatic carbocycles. The first kappa shape index (κ1) is 9.29. The molecule has 0 bridgehead atoms. The Balaban J connectivity index is 2.65. The van der Waals surface area contributed by atoms with Crippen molar-refractivity contribution in [2.75, 3.05) is 0 Å². The van der Waals surface area contributed by atoms with E-state index in [1.165, 1.54) is 0 Å². The smallest absolute Gasteiger partial charge is 0.0770 e. The second-order valence-electron chi connectivity index (χ2n) is 3.39. The molecule has 1 heterocycles. The van der Waals surface area contributed by atoms with Crippen LogP contribution in [0.1, 0.15) is 25.6 Å². The lowest BCUT2D eigenvalue weighted by atomic mass is 9.98. The summed E-state index contributed by atoms with van der Waals surface area (Å²) >= 11 is 0. The molecule has 1 aromatic rings. The van der Waals surface area contributed by atoms with Gasteiger partial charge in [0.05, 0.1) is 12.1 Å². The zero-order chi connectivity index (χ0) is 9.14. The summed E-state index contributed by atoms with van der Waals surface area (Å²) in [7, 11) is 0. The van der Waals surface area contributed by atoms with Gasteiger partial charge in [0.2, 0.25) is 0 Å². The van der Waals surface area contributed by atoms with Crippen LogP contribution >= 0.6 is 0 Å². The van der Waals surface area contributed by atoms with E-state index >= 15 is 0 Å². The summed E-state index contributed by atoms with van der Waals surface area (Å²) in [5.41, 5.74) is 6.69. The Hall–Kier alpha value is -0.800. The van der Waals surface area contributed by atoms with Crippen LogP contribution in [0.5, 0.6) is 0 Å². The fraction of sp³-hybridized carbons (Fsp3) is 0.556. The van der Waals surface area contributed by atoms with E-state index in [0.717, 1.165) is 5.69 Å². The maximum atomic E-state index is 9.62. The van der Waals surface area contributed by atoms with Gasteiger partial charge in [0.15, 0.2) is 0 Å². The lowest BCUT2D eigenvalue weighted by Crippen LogP contribution is -2.30. The van der Waals surface area contributed by atoms with Gasteiger partial charge >= 0.3 is 0 Å². The SMILES string of the molecule is CC(C)[C@H](O)[C@H](N)c1ccc[nH]1. The quantitative estimate of drug-likeness (QED) is 0.631. The third-order valence-electron chi connectivity index (χ3n) is 2.03. The third kappa shape index (κ3) is 1.87. The van der Waals surface area contributed by atoms with E-state index in [9.17, 15) is 5.11 Å². The summed E-state index contributed by atoms with van der Waals surface area (Å²) in [6, 6.07) is 3.46. The minimum atomic E-state index is -0.483. The van der Waals surface area contributed by atoms with Crippen molar-refractivity contribution < 1.29 is 5.11 Å². The first-order valence-corrected chi connectivity index (χ1v) is 4.20. The molecule has 4 N–H and O–H groups in total. The van der Waals surface area contributed by atoms with Gasteiger partial charge in [-0.1, -0.05) is 13.8 Å². The van der Waals surface area contributed by atoms with Crippen LogP contribution in [-0.2, 0) is 0 Å². The van der Waals surface area contributed by atoms with Crippen LogP contribution in [0.25, 0.3) is 0 Å². The predicted octanol–water partition coefficient (Wildman–Crippen LogP) is 1.03. The van der Waals surface area contributed by atoms with Gasteiger partial charge in [0, 0.05) is 11.9 Å². The molecule has 0 saturated carbocycles. The van der Waals surface area contributed by atoms with Crippen LogP contribution < -0.4 is 5.73 Å². The molecule has 0 spiro atoms. The fourth-order valence-corrected chi connectivity index (χ4v) is 1.15. The Labute approximate surface area is 72.6 Å². The molecular weight excluding hydrogens is 152 g/mol. The van der Waals surface area contributed by atoms with Crippen molar-refractivity contribution in [1.82, 2.24) is 4.98 Å². The number of rotatable bonds is 3. The Morgan fingerprint density at radius 3 is 2.58 bits per heavy atom. The largest absolute Gasteiger partial charge is 0.391 e. The average Bonchev–Trinajstić information content (AvgIpc) is 2.53. The lowest BCUT2D eigenvalue weighted by Gasteiger charge is -2.20. The zero-order valence-electron chi connectivity index (χ0n) is 7.49. The molecular formula is C9H16N2O. The van der Waals surface area contributed by atoms with Crippen molar-refractivity contribution >= 4 is 0 Å². The maximum Gasteiger partial charge on any atom is 0.0770 e. The molecule has 1 rings (SSSR count). The van der Waals surface area contributed by atoms with E-state index in [1.807, 2.05) is 32.2 Å². The van der Waals surface area contributed by atoms with Gasteiger partial charge < -0.3 is 15.8 Å². The molecule has 12 heavy (non-hydrogen) atoms. The number of aromatic amines is 1. The molecule has 0 aromatic carbocycles. The molecule has 2 atom stereocenters. The average molecular weight is 168 g/mol. The molecule has 0 aliphatic heterocycles. The standard InChI is InChI=1S/C9H16N2O/c1-6(2)9(12)8(10)7-4-3-5-11-7/h3-6,8-9,11-12H,10H2,1-2H3/t8-,9+/m1/s1. The van der Waals surface area contributed by atoms with Crippen molar-refractivity contribution in [2.45, 2.75) is 26.0 Å². The van der Waals surface area contributed by atoms with Crippen LogP contribution in [0.15, 0.2) is 18.3 Å². The van der Waals surface area contributed by atoms with E-state index in [1.54, 1.807) is 0 Å². The van der Waals surface area contributed by atoms with Crippen molar-refractivity contribution in [3.05, 3.63) is 24.0 Å². The van der Waals surface area contributed by atoms with Gasteiger partial charge in [-0.25, -0.2) is 0 Å². The van der Waals surface area contributed by atoms with E-state index < -0.39 is 6.10 Å². The zero-order valence-corrected chi connectivity index (χ0v) is 7.49. The van der Waals surface area contributed by atoms with Gasteiger partial charge in [-0.2, -0.15) is 0 Å². The highest BCUT2D eigenvalue weighted by molar-refractivity contribution is 5.10. The van der Waals surface area contributed by atoms with Crippen molar-refractivity contribution in [1.29, 1.82) is 0 Å². The van der Waals surface area contributed by atoms with E-state index in [-0.39, 0.29) is 12.0 Å². The number of hydrogen-bond acceptors (Lipinski definition) is 2. The highest BCUT2D eigenvalue weighted by Gasteiger charge is 2.20. The Morgan fingerprint density at radius 2 is 2.17 bits per heavy atom. The molecule has 0 saturated heterocycles. The van der Waals surface area contributed by atoms with E-state index in [0.29, 0.717) is 0 Å². The molecule has 0 amide bonds. The molecule has 68 valence electrons. The summed E-state index contributed by atoms with van der Waals surface area (Å²) in [6.07, 6.45) is 1.33. The van der Waals surface area contributed by atoms with Gasteiger partial charge in [-0.3, -0.25) is 0 Å². The van der Waals surface area contributed by atoms with Crippen LogP contribution in [0, 0.1) is 5.92 Å². The first-order chi connectivity index (χ1) is 5.63. The monoisotopic (exact) mass is 168 g/mol. The number of aliphatic hydroxyl groups excluding tert-OH is 1. The number of nitrogens with two attached hydrogens (primary N) is 1. The molecule has 0 aliphatic rings.